The van der Waals surface area contributed by atoms with Crippen molar-refractivity contribution in [2.75, 3.05) is 12.4 Å². The highest BCUT2D eigenvalue weighted by Crippen LogP contribution is 2.28. The summed E-state index contributed by atoms with van der Waals surface area (Å²) in [5.74, 6) is -0.0803. The predicted octanol–water partition coefficient (Wildman–Crippen LogP) is 4.46. The second kappa shape index (κ2) is 9.75. The molecule has 36 heavy (non-hydrogen) atoms. The Morgan fingerprint density at radius 3 is 2.50 bits per heavy atom. The third-order valence-electron chi connectivity index (χ3n) is 5.69. The van der Waals surface area contributed by atoms with Crippen LogP contribution in [0.15, 0.2) is 69.3 Å². The predicted molar refractivity (Wildman–Crippen MR) is 139 cm³/mol. The summed E-state index contributed by atoms with van der Waals surface area (Å²) in [5, 5.41) is 3.22. The number of carbonyl (C=O) groups is 1. The molecular weight excluding hydrogens is 502 g/mol. The number of hydrogen-bond donors (Lipinski definition) is 1. The maximum atomic E-state index is 13.6. The summed E-state index contributed by atoms with van der Waals surface area (Å²) in [6, 6.07) is 12.8. The third-order valence-corrected chi connectivity index (χ3v) is 7.83. The molecule has 8 nitrogen and oxygen atoms in total. The number of rotatable bonds is 6. The Bertz CT molecular complexity index is 1680. The summed E-state index contributed by atoms with van der Waals surface area (Å²) in [6.45, 7) is 4.97. The number of aromatic nitrogens is 2. The van der Waals surface area contributed by atoms with Crippen LogP contribution in [0.1, 0.15) is 16.8 Å². The molecule has 0 bridgehead atoms. The lowest BCUT2D eigenvalue weighted by Gasteiger charge is -2.15. The van der Waals surface area contributed by atoms with Crippen molar-refractivity contribution in [3.63, 3.8) is 0 Å². The van der Waals surface area contributed by atoms with Crippen LogP contribution < -0.4 is 15.5 Å². The fourth-order valence-electron chi connectivity index (χ4n) is 3.99. The molecule has 0 saturated carbocycles. The number of anilines is 1. The van der Waals surface area contributed by atoms with Gasteiger partial charge in [0.1, 0.15) is 22.8 Å². The molecule has 0 spiro atoms. The molecule has 0 atom stereocenters. The molecular formula is C26H24ClN3O5S. The van der Waals surface area contributed by atoms with Crippen LogP contribution in [-0.4, -0.2) is 31.0 Å². The molecule has 1 N–H and O–H groups in total. The van der Waals surface area contributed by atoms with Crippen molar-refractivity contribution < 1.29 is 17.9 Å². The number of aryl methyl sites for hydroxylation is 3. The molecule has 2 heterocycles. The number of nitrogens with one attached hydrogen (secondary N) is 1. The number of halogens is 1. The van der Waals surface area contributed by atoms with Crippen LogP contribution >= 0.6 is 11.6 Å². The molecule has 4 rings (SSSR count). The first kappa shape index (κ1) is 25.4. The maximum absolute atomic E-state index is 13.6. The van der Waals surface area contributed by atoms with Gasteiger partial charge in [0.2, 0.25) is 21.2 Å². The normalized spacial score (nSPS) is 11.5. The van der Waals surface area contributed by atoms with Crippen LogP contribution in [0, 0.1) is 20.8 Å². The third kappa shape index (κ3) is 4.84. The van der Waals surface area contributed by atoms with E-state index in [-0.39, 0.29) is 22.5 Å². The topological polar surface area (TPSA) is 107 Å². The van der Waals surface area contributed by atoms with Crippen molar-refractivity contribution in [1.29, 1.82) is 0 Å². The van der Waals surface area contributed by atoms with Gasteiger partial charge in [-0.2, -0.15) is 0 Å². The van der Waals surface area contributed by atoms with Crippen LogP contribution in [0.25, 0.3) is 11.0 Å². The summed E-state index contributed by atoms with van der Waals surface area (Å²) >= 11 is 6.06. The van der Waals surface area contributed by atoms with Crippen LogP contribution in [-0.2, 0) is 21.2 Å². The van der Waals surface area contributed by atoms with E-state index < -0.39 is 26.1 Å². The van der Waals surface area contributed by atoms with E-state index in [9.17, 15) is 18.0 Å². The summed E-state index contributed by atoms with van der Waals surface area (Å²) < 4.78 is 33.8. The highest BCUT2D eigenvalue weighted by atomic mass is 35.5. The number of amides is 1. The molecule has 0 saturated heterocycles. The molecule has 0 aliphatic rings. The first-order chi connectivity index (χ1) is 17.0. The number of pyridine rings is 2. The first-order valence-electron chi connectivity index (χ1n) is 11.0. The number of fused-ring (bicyclic) bond motifs is 1. The highest BCUT2D eigenvalue weighted by Gasteiger charge is 2.26. The fourth-order valence-corrected chi connectivity index (χ4v) is 5.75. The van der Waals surface area contributed by atoms with E-state index in [1.54, 1.807) is 50.2 Å². The van der Waals surface area contributed by atoms with Gasteiger partial charge >= 0.3 is 0 Å². The van der Waals surface area contributed by atoms with E-state index in [2.05, 4.69) is 10.3 Å². The minimum atomic E-state index is -4.18. The van der Waals surface area contributed by atoms with Crippen LogP contribution in [0.2, 0.25) is 5.02 Å². The lowest BCUT2D eigenvalue weighted by Crippen LogP contribution is -2.25. The summed E-state index contributed by atoms with van der Waals surface area (Å²) in [7, 11) is -2.72. The lowest BCUT2D eigenvalue weighted by molar-refractivity contribution is -0.116. The number of nitrogens with zero attached hydrogens (tertiary/aromatic N) is 2. The van der Waals surface area contributed by atoms with Gasteiger partial charge in [-0.25, -0.2) is 13.4 Å². The lowest BCUT2D eigenvalue weighted by atomic mass is 10.2. The molecule has 0 radical (unpaired) electrons. The minimum absolute atomic E-state index is 0.0317. The van der Waals surface area contributed by atoms with Crippen molar-refractivity contribution in [2.24, 2.45) is 0 Å². The van der Waals surface area contributed by atoms with Gasteiger partial charge in [-0.3, -0.25) is 9.59 Å². The van der Waals surface area contributed by atoms with Crippen molar-refractivity contribution in [1.82, 2.24) is 9.55 Å². The summed E-state index contributed by atoms with van der Waals surface area (Å²) in [6.07, 6.45) is 1.18. The molecule has 2 aromatic carbocycles. The van der Waals surface area contributed by atoms with Crippen molar-refractivity contribution >= 4 is 44.1 Å². The van der Waals surface area contributed by atoms with Crippen LogP contribution in [0.4, 0.5) is 5.69 Å². The number of benzene rings is 2. The molecule has 186 valence electrons. The maximum Gasteiger partial charge on any atom is 0.244 e. The SMILES string of the molecule is COc1ccc(Cl)cc1NC(=O)Cn1cc(S(=O)(=O)c2ccc(C)cc2C)c(=O)c2ccc(C)nc21. The smallest absolute Gasteiger partial charge is 0.244 e. The molecule has 0 aliphatic carbocycles. The Morgan fingerprint density at radius 2 is 1.81 bits per heavy atom. The molecule has 2 aromatic heterocycles. The first-order valence-corrected chi connectivity index (χ1v) is 12.8. The van der Waals surface area contributed by atoms with Gasteiger partial charge in [0.25, 0.3) is 0 Å². The second-order valence-corrected chi connectivity index (χ2v) is 10.8. The molecule has 10 heteroatoms. The minimum Gasteiger partial charge on any atom is -0.495 e. The molecule has 1 amide bonds. The molecule has 4 aromatic rings. The zero-order valence-corrected chi connectivity index (χ0v) is 21.7. The van der Waals surface area contributed by atoms with E-state index in [0.717, 1.165) is 5.56 Å². The van der Waals surface area contributed by atoms with Gasteiger partial charge in [0, 0.05) is 16.9 Å². The molecule has 0 aliphatic heterocycles. The largest absolute Gasteiger partial charge is 0.495 e. The van der Waals surface area contributed by atoms with Crippen LogP contribution in [0.3, 0.4) is 0 Å². The zero-order valence-electron chi connectivity index (χ0n) is 20.1. The van der Waals surface area contributed by atoms with Crippen molar-refractivity contribution in [3.8, 4) is 5.75 Å². The molecule has 0 fully saturated rings. The average Bonchev–Trinajstić information content (AvgIpc) is 2.80. The Balaban J connectivity index is 1.84. The Hall–Kier alpha value is -3.69. The van der Waals surface area contributed by atoms with Gasteiger partial charge in [-0.15, -0.1) is 0 Å². The van der Waals surface area contributed by atoms with E-state index in [0.29, 0.717) is 27.7 Å². The monoisotopic (exact) mass is 525 g/mol. The Morgan fingerprint density at radius 1 is 1.06 bits per heavy atom. The Kier molecular flexibility index (Phi) is 6.88. The summed E-state index contributed by atoms with van der Waals surface area (Å²) in [4.78, 5) is 30.3. The number of methoxy groups -OCH3 is 1. The number of carbonyl (C=O) groups excluding carboxylic acids is 1. The number of ether oxygens (including phenoxy) is 1. The van der Waals surface area contributed by atoms with Gasteiger partial charge in [-0.1, -0.05) is 29.3 Å². The van der Waals surface area contributed by atoms with E-state index in [1.807, 2.05) is 6.92 Å². The van der Waals surface area contributed by atoms with Crippen molar-refractivity contribution in [2.45, 2.75) is 37.1 Å². The average molecular weight is 526 g/mol. The highest BCUT2D eigenvalue weighted by molar-refractivity contribution is 7.91. The number of hydrogen-bond acceptors (Lipinski definition) is 6. The van der Waals surface area contributed by atoms with E-state index in [4.69, 9.17) is 16.3 Å². The van der Waals surface area contributed by atoms with Gasteiger partial charge < -0.3 is 14.6 Å². The van der Waals surface area contributed by atoms with Gasteiger partial charge in [-0.05, 0) is 62.7 Å². The van der Waals surface area contributed by atoms with Gasteiger partial charge in [0.15, 0.2) is 0 Å². The molecule has 0 unspecified atom stereocenters. The Labute approximate surface area is 213 Å². The van der Waals surface area contributed by atoms with Gasteiger partial charge in [0.05, 0.1) is 23.1 Å². The van der Waals surface area contributed by atoms with E-state index in [1.165, 1.54) is 30.0 Å². The standard InChI is InChI=1S/C26H24ClN3O5S/c1-15-5-10-22(16(2)11-15)36(33,34)23-13-30(26-19(25(23)32)8-6-17(3)28-26)14-24(31)29-20-12-18(27)7-9-21(20)35-4/h5-13H,14H2,1-4H3,(H,29,31). The second-order valence-electron chi connectivity index (χ2n) is 8.44. The van der Waals surface area contributed by atoms with E-state index >= 15 is 0 Å². The fraction of sp³-hybridized carbons (Fsp3) is 0.192. The van der Waals surface area contributed by atoms with Crippen LogP contribution in [0.5, 0.6) is 5.75 Å². The van der Waals surface area contributed by atoms with Crippen molar-refractivity contribution in [3.05, 3.63) is 86.8 Å². The number of sulfone groups is 1. The quantitative estimate of drug-likeness (QED) is 0.398. The summed E-state index contributed by atoms with van der Waals surface area (Å²) in [5.41, 5.74) is 1.91. The zero-order chi connectivity index (χ0) is 26.2.